The van der Waals surface area contributed by atoms with Gasteiger partial charge in [0, 0.05) is 14.2 Å². The summed E-state index contributed by atoms with van der Waals surface area (Å²) in [6.45, 7) is 1.45. The molecule has 0 aromatic heterocycles. The first-order valence-electron chi connectivity index (χ1n) is 3.02. The molecule has 2 unspecified atom stereocenters. The third-order valence-corrected chi connectivity index (χ3v) is 1.41. The highest BCUT2D eigenvalue weighted by atomic mass is 16.6. The van der Waals surface area contributed by atoms with E-state index in [0.717, 1.165) is 6.61 Å². The molecule has 0 aliphatic carbocycles. The number of hydrogen-bond donors (Lipinski definition) is 0. The second kappa shape index (κ2) is 3.15. The zero-order valence-corrected chi connectivity index (χ0v) is 5.79. The highest BCUT2D eigenvalue weighted by Gasteiger charge is 2.32. The maximum Gasteiger partial charge on any atom is 0.109 e. The molecule has 1 aliphatic heterocycles. The Morgan fingerprint density at radius 2 is 2.33 bits per heavy atom. The molecule has 0 aromatic rings. The van der Waals surface area contributed by atoms with E-state index < -0.39 is 0 Å². The smallest absolute Gasteiger partial charge is 0.109 e. The van der Waals surface area contributed by atoms with E-state index >= 15 is 0 Å². The highest BCUT2D eigenvalue weighted by molar-refractivity contribution is 4.79. The number of hydrogen-bond acceptors (Lipinski definition) is 3. The lowest BCUT2D eigenvalue weighted by Gasteiger charge is -2.09. The number of ether oxygens (including phenoxy) is 3. The van der Waals surface area contributed by atoms with Gasteiger partial charge in [-0.05, 0) is 0 Å². The largest absolute Gasteiger partial charge is 0.382 e. The van der Waals surface area contributed by atoms with Crippen molar-refractivity contribution in [2.24, 2.45) is 0 Å². The van der Waals surface area contributed by atoms with Crippen LogP contribution in [0.5, 0.6) is 0 Å². The fourth-order valence-electron chi connectivity index (χ4n) is 0.762. The van der Waals surface area contributed by atoms with Crippen molar-refractivity contribution in [1.82, 2.24) is 0 Å². The molecule has 0 amide bonds. The molecule has 2 atom stereocenters. The summed E-state index contributed by atoms with van der Waals surface area (Å²) in [5.74, 6) is 0. The van der Waals surface area contributed by atoms with Crippen molar-refractivity contribution in [2.75, 3.05) is 27.4 Å². The SMILES string of the molecule is COCC(OC)C1CO1. The number of rotatable bonds is 4. The van der Waals surface area contributed by atoms with E-state index in [-0.39, 0.29) is 12.2 Å². The Morgan fingerprint density at radius 3 is 2.67 bits per heavy atom. The van der Waals surface area contributed by atoms with Crippen LogP contribution in [0.25, 0.3) is 0 Å². The predicted octanol–water partition coefficient (Wildman–Crippen LogP) is 0.0466. The lowest BCUT2D eigenvalue weighted by Crippen LogP contribution is -2.23. The van der Waals surface area contributed by atoms with Gasteiger partial charge in [0.2, 0.25) is 0 Å². The third-order valence-electron chi connectivity index (χ3n) is 1.41. The summed E-state index contributed by atoms with van der Waals surface area (Å²) in [5.41, 5.74) is 0. The Labute approximate surface area is 54.9 Å². The molecule has 3 heteroatoms. The zero-order chi connectivity index (χ0) is 6.69. The van der Waals surface area contributed by atoms with Crippen LogP contribution in [0.15, 0.2) is 0 Å². The van der Waals surface area contributed by atoms with Crippen LogP contribution in [0, 0.1) is 0 Å². The van der Waals surface area contributed by atoms with E-state index in [9.17, 15) is 0 Å². The molecular weight excluding hydrogens is 120 g/mol. The van der Waals surface area contributed by atoms with Gasteiger partial charge in [-0.3, -0.25) is 0 Å². The normalized spacial score (nSPS) is 28.0. The van der Waals surface area contributed by atoms with Gasteiger partial charge in [0.1, 0.15) is 12.2 Å². The minimum Gasteiger partial charge on any atom is -0.382 e. The van der Waals surface area contributed by atoms with E-state index in [0.29, 0.717) is 6.61 Å². The van der Waals surface area contributed by atoms with Gasteiger partial charge in [-0.25, -0.2) is 0 Å². The van der Waals surface area contributed by atoms with Gasteiger partial charge in [0.15, 0.2) is 0 Å². The molecule has 1 saturated heterocycles. The summed E-state index contributed by atoms with van der Waals surface area (Å²) >= 11 is 0. The molecule has 0 aromatic carbocycles. The summed E-state index contributed by atoms with van der Waals surface area (Å²) < 4.78 is 15.0. The first-order valence-corrected chi connectivity index (χ1v) is 3.02. The van der Waals surface area contributed by atoms with Crippen LogP contribution in [-0.4, -0.2) is 39.6 Å². The average Bonchev–Trinajstić information content (AvgIpc) is 2.64. The average molecular weight is 132 g/mol. The van der Waals surface area contributed by atoms with E-state index in [2.05, 4.69) is 0 Å². The molecule has 0 bridgehead atoms. The maximum atomic E-state index is 5.06. The molecule has 9 heavy (non-hydrogen) atoms. The molecule has 1 rings (SSSR count). The van der Waals surface area contributed by atoms with Gasteiger partial charge in [-0.2, -0.15) is 0 Å². The monoisotopic (exact) mass is 132 g/mol. The van der Waals surface area contributed by atoms with Crippen LogP contribution in [0.3, 0.4) is 0 Å². The topological polar surface area (TPSA) is 31.0 Å². The van der Waals surface area contributed by atoms with Gasteiger partial charge in [0.25, 0.3) is 0 Å². The molecule has 3 nitrogen and oxygen atoms in total. The fourth-order valence-corrected chi connectivity index (χ4v) is 0.762. The van der Waals surface area contributed by atoms with Gasteiger partial charge >= 0.3 is 0 Å². The lowest BCUT2D eigenvalue weighted by atomic mass is 10.3. The van der Waals surface area contributed by atoms with E-state index in [1.807, 2.05) is 0 Å². The van der Waals surface area contributed by atoms with Crippen molar-refractivity contribution in [2.45, 2.75) is 12.2 Å². The van der Waals surface area contributed by atoms with E-state index in [1.165, 1.54) is 0 Å². The van der Waals surface area contributed by atoms with Crippen LogP contribution in [-0.2, 0) is 14.2 Å². The van der Waals surface area contributed by atoms with Crippen molar-refractivity contribution in [3.63, 3.8) is 0 Å². The molecular formula is C6H12O3. The number of methoxy groups -OCH3 is 2. The molecule has 0 spiro atoms. The van der Waals surface area contributed by atoms with Crippen LogP contribution in [0.4, 0.5) is 0 Å². The van der Waals surface area contributed by atoms with Crippen molar-refractivity contribution in [1.29, 1.82) is 0 Å². The minimum atomic E-state index is 0.134. The Hall–Kier alpha value is -0.120. The standard InChI is InChI=1S/C6H12O3/c1-7-3-5(8-2)6-4-9-6/h5-6H,3-4H2,1-2H3. The summed E-state index contributed by atoms with van der Waals surface area (Å²) in [6.07, 6.45) is 0.421. The Bertz CT molecular complexity index is 80.4. The summed E-state index contributed by atoms with van der Waals surface area (Å²) in [4.78, 5) is 0. The third kappa shape index (κ3) is 1.93. The molecule has 0 radical (unpaired) electrons. The van der Waals surface area contributed by atoms with Gasteiger partial charge in [-0.15, -0.1) is 0 Å². The molecule has 0 N–H and O–H groups in total. The quantitative estimate of drug-likeness (QED) is 0.506. The van der Waals surface area contributed by atoms with E-state index in [1.54, 1.807) is 14.2 Å². The summed E-state index contributed by atoms with van der Waals surface area (Å²) in [7, 11) is 3.33. The van der Waals surface area contributed by atoms with E-state index in [4.69, 9.17) is 14.2 Å². The van der Waals surface area contributed by atoms with Gasteiger partial charge in [-0.1, -0.05) is 0 Å². The first-order chi connectivity index (χ1) is 4.38. The second-order valence-corrected chi connectivity index (χ2v) is 2.10. The molecule has 1 aliphatic rings. The van der Waals surface area contributed by atoms with Crippen LogP contribution in [0.2, 0.25) is 0 Å². The van der Waals surface area contributed by atoms with Crippen LogP contribution in [0.1, 0.15) is 0 Å². The maximum absolute atomic E-state index is 5.06. The van der Waals surface area contributed by atoms with Crippen molar-refractivity contribution < 1.29 is 14.2 Å². The molecule has 1 fully saturated rings. The van der Waals surface area contributed by atoms with Crippen molar-refractivity contribution in [3.8, 4) is 0 Å². The molecule has 1 heterocycles. The summed E-state index contributed by atoms with van der Waals surface area (Å²) in [6, 6.07) is 0. The van der Waals surface area contributed by atoms with Crippen molar-refractivity contribution >= 4 is 0 Å². The molecule has 0 saturated carbocycles. The van der Waals surface area contributed by atoms with Crippen LogP contribution < -0.4 is 0 Å². The summed E-state index contributed by atoms with van der Waals surface area (Å²) in [5, 5.41) is 0. The fraction of sp³-hybridized carbons (Fsp3) is 1.00. The lowest BCUT2D eigenvalue weighted by molar-refractivity contribution is 0.0117. The van der Waals surface area contributed by atoms with Crippen LogP contribution >= 0.6 is 0 Å². The molecule has 54 valence electrons. The highest BCUT2D eigenvalue weighted by Crippen LogP contribution is 2.16. The number of epoxide rings is 1. The Balaban J connectivity index is 2.12. The Morgan fingerprint density at radius 1 is 1.67 bits per heavy atom. The second-order valence-electron chi connectivity index (χ2n) is 2.10. The minimum absolute atomic E-state index is 0.134. The Kier molecular flexibility index (Phi) is 2.45. The first kappa shape index (κ1) is 6.99. The predicted molar refractivity (Wildman–Crippen MR) is 32.4 cm³/mol. The van der Waals surface area contributed by atoms with Gasteiger partial charge in [0.05, 0.1) is 13.2 Å². The van der Waals surface area contributed by atoms with Crippen molar-refractivity contribution in [3.05, 3.63) is 0 Å². The zero-order valence-electron chi connectivity index (χ0n) is 5.79. The van der Waals surface area contributed by atoms with Gasteiger partial charge < -0.3 is 14.2 Å².